The average Bonchev–Trinajstić information content (AvgIpc) is 2.63. The Balaban J connectivity index is 1.71. The van der Waals surface area contributed by atoms with Gasteiger partial charge >= 0.3 is 0 Å². The predicted molar refractivity (Wildman–Crippen MR) is 99.7 cm³/mol. The number of carbonyl (C=O) groups excluding carboxylic acids is 1. The van der Waals surface area contributed by atoms with Crippen molar-refractivity contribution in [2.24, 2.45) is 5.92 Å². The molecule has 0 bridgehead atoms. The average molecular weight is 364 g/mol. The van der Waals surface area contributed by atoms with Crippen LogP contribution in [0.15, 0.2) is 30.5 Å². The van der Waals surface area contributed by atoms with E-state index in [2.05, 4.69) is 23.7 Å². The number of rotatable bonds is 9. The molecule has 0 aromatic heterocycles. The van der Waals surface area contributed by atoms with Crippen LogP contribution in [0.25, 0.3) is 0 Å². The zero-order valence-corrected chi connectivity index (χ0v) is 15.5. The Bertz CT molecular complexity index is 613. The van der Waals surface area contributed by atoms with Gasteiger partial charge in [0.2, 0.25) is 0 Å². The molecule has 1 saturated heterocycles. The summed E-state index contributed by atoms with van der Waals surface area (Å²) in [6, 6.07) is 4.24. The Morgan fingerprint density at radius 2 is 2.15 bits per heavy atom. The standard InChI is InChI=1S/C20H29FN2O3/c1-15(2)23-10-7-16(8-11-23)4-3-13-26-17-5-6-18(19(21)14-17)20(25)22-9-12-24/h5-6,14,16,24H,1,3-4,7-13H2,2H3,(H,22,25). The molecule has 1 heterocycles. The lowest BCUT2D eigenvalue weighted by atomic mass is 9.92. The SMILES string of the molecule is C=C(C)N1CCC(CCCOc2ccc(C(=O)NCCO)c(F)c2)CC1. The molecule has 26 heavy (non-hydrogen) atoms. The summed E-state index contributed by atoms with van der Waals surface area (Å²) in [5.74, 6) is -0.0175. The van der Waals surface area contributed by atoms with Crippen LogP contribution in [0, 0.1) is 11.7 Å². The molecule has 2 rings (SSSR count). The molecule has 144 valence electrons. The highest BCUT2D eigenvalue weighted by Crippen LogP contribution is 2.24. The lowest BCUT2D eigenvalue weighted by Crippen LogP contribution is -2.32. The number of allylic oxidation sites excluding steroid dienone is 1. The molecule has 0 saturated carbocycles. The van der Waals surface area contributed by atoms with Gasteiger partial charge in [0.25, 0.3) is 5.91 Å². The van der Waals surface area contributed by atoms with Gasteiger partial charge in [-0.3, -0.25) is 4.79 Å². The fourth-order valence-corrected chi connectivity index (χ4v) is 3.20. The normalized spacial score (nSPS) is 15.0. The number of piperidine rings is 1. The van der Waals surface area contributed by atoms with Gasteiger partial charge < -0.3 is 20.1 Å². The van der Waals surface area contributed by atoms with Crippen LogP contribution in [0.1, 0.15) is 43.0 Å². The molecule has 1 aromatic carbocycles. The molecule has 1 aliphatic rings. The third-order valence-electron chi connectivity index (χ3n) is 4.76. The smallest absolute Gasteiger partial charge is 0.254 e. The van der Waals surface area contributed by atoms with E-state index in [9.17, 15) is 9.18 Å². The van der Waals surface area contributed by atoms with Gasteiger partial charge in [-0.2, -0.15) is 0 Å². The molecule has 2 N–H and O–H groups in total. The van der Waals surface area contributed by atoms with Crippen molar-refractivity contribution in [1.29, 1.82) is 0 Å². The van der Waals surface area contributed by atoms with Crippen LogP contribution in [0.4, 0.5) is 4.39 Å². The van der Waals surface area contributed by atoms with Gasteiger partial charge in [-0.25, -0.2) is 4.39 Å². The molecule has 1 aliphatic heterocycles. The topological polar surface area (TPSA) is 61.8 Å². The van der Waals surface area contributed by atoms with Gasteiger partial charge in [-0.15, -0.1) is 0 Å². The summed E-state index contributed by atoms with van der Waals surface area (Å²) in [7, 11) is 0. The number of carbonyl (C=O) groups is 1. The second-order valence-electron chi connectivity index (χ2n) is 6.78. The molecule has 6 heteroatoms. The van der Waals surface area contributed by atoms with Gasteiger partial charge in [-0.1, -0.05) is 6.58 Å². The summed E-state index contributed by atoms with van der Waals surface area (Å²) in [5.41, 5.74) is 1.09. The fraction of sp³-hybridized carbons (Fsp3) is 0.550. The lowest BCUT2D eigenvalue weighted by Gasteiger charge is -2.33. The molecule has 0 aliphatic carbocycles. The van der Waals surface area contributed by atoms with E-state index in [-0.39, 0.29) is 18.7 Å². The van der Waals surface area contributed by atoms with Gasteiger partial charge in [-0.05, 0) is 50.7 Å². The van der Waals surface area contributed by atoms with Crippen molar-refractivity contribution in [2.75, 3.05) is 32.8 Å². The van der Waals surface area contributed by atoms with E-state index < -0.39 is 11.7 Å². The second kappa shape index (κ2) is 10.2. The molecule has 1 aromatic rings. The molecular weight excluding hydrogens is 335 g/mol. The summed E-state index contributed by atoms with van der Waals surface area (Å²) in [6.07, 6.45) is 4.39. The van der Waals surface area contributed by atoms with E-state index in [1.54, 1.807) is 6.07 Å². The Morgan fingerprint density at radius 3 is 2.77 bits per heavy atom. The van der Waals surface area contributed by atoms with Crippen LogP contribution < -0.4 is 10.1 Å². The zero-order chi connectivity index (χ0) is 18.9. The first-order chi connectivity index (χ1) is 12.5. The van der Waals surface area contributed by atoms with Gasteiger partial charge in [0.15, 0.2) is 0 Å². The van der Waals surface area contributed by atoms with Gasteiger partial charge in [0, 0.05) is 31.4 Å². The number of halogens is 1. The third kappa shape index (κ3) is 6.02. The Hall–Kier alpha value is -2.08. The minimum atomic E-state index is -0.620. The molecular formula is C20H29FN2O3. The Labute approximate surface area is 154 Å². The maximum absolute atomic E-state index is 14.0. The lowest BCUT2D eigenvalue weighted by molar-refractivity contribution is 0.0940. The van der Waals surface area contributed by atoms with Crippen molar-refractivity contribution in [1.82, 2.24) is 10.2 Å². The summed E-state index contributed by atoms with van der Waals surface area (Å²) in [6.45, 7) is 8.65. The van der Waals surface area contributed by atoms with Crippen molar-refractivity contribution in [3.05, 3.63) is 41.9 Å². The number of hydrogen-bond acceptors (Lipinski definition) is 4. The summed E-state index contributed by atoms with van der Waals surface area (Å²) < 4.78 is 19.6. The number of aliphatic hydroxyl groups is 1. The van der Waals surface area contributed by atoms with E-state index in [4.69, 9.17) is 9.84 Å². The quantitative estimate of drug-likeness (QED) is 0.662. The van der Waals surface area contributed by atoms with Gasteiger partial charge in [0.05, 0.1) is 18.8 Å². The van der Waals surface area contributed by atoms with E-state index in [1.165, 1.54) is 25.0 Å². The van der Waals surface area contributed by atoms with Crippen LogP contribution in [0.2, 0.25) is 0 Å². The second-order valence-corrected chi connectivity index (χ2v) is 6.78. The number of aliphatic hydroxyl groups excluding tert-OH is 1. The first-order valence-corrected chi connectivity index (χ1v) is 9.23. The van der Waals surface area contributed by atoms with Crippen LogP contribution in [-0.4, -0.2) is 48.8 Å². The maximum Gasteiger partial charge on any atom is 0.254 e. The number of nitrogens with zero attached hydrogens (tertiary/aromatic N) is 1. The minimum absolute atomic E-state index is 0.0462. The van der Waals surface area contributed by atoms with Crippen LogP contribution in [0.5, 0.6) is 5.75 Å². The number of benzene rings is 1. The van der Waals surface area contributed by atoms with E-state index >= 15 is 0 Å². The third-order valence-corrected chi connectivity index (χ3v) is 4.76. The first kappa shape index (κ1) is 20.2. The van der Waals surface area contributed by atoms with Crippen LogP contribution in [-0.2, 0) is 0 Å². The van der Waals surface area contributed by atoms with Gasteiger partial charge in [0.1, 0.15) is 11.6 Å². The maximum atomic E-state index is 14.0. The largest absolute Gasteiger partial charge is 0.493 e. The first-order valence-electron chi connectivity index (χ1n) is 9.23. The molecule has 0 radical (unpaired) electrons. The van der Waals surface area contributed by atoms with Crippen molar-refractivity contribution in [3.8, 4) is 5.75 Å². The van der Waals surface area contributed by atoms with E-state index in [1.807, 2.05) is 0 Å². The van der Waals surface area contributed by atoms with Crippen molar-refractivity contribution in [3.63, 3.8) is 0 Å². The van der Waals surface area contributed by atoms with Crippen molar-refractivity contribution in [2.45, 2.75) is 32.6 Å². The molecule has 1 amide bonds. The minimum Gasteiger partial charge on any atom is -0.493 e. The van der Waals surface area contributed by atoms with E-state index in [0.29, 0.717) is 18.3 Å². The summed E-state index contributed by atoms with van der Waals surface area (Å²) >= 11 is 0. The summed E-state index contributed by atoms with van der Waals surface area (Å²) in [5, 5.41) is 11.1. The van der Waals surface area contributed by atoms with Crippen molar-refractivity contribution >= 4 is 5.91 Å². The number of nitrogens with one attached hydrogen (secondary N) is 1. The number of ether oxygens (including phenoxy) is 1. The fourth-order valence-electron chi connectivity index (χ4n) is 3.20. The highest BCUT2D eigenvalue weighted by molar-refractivity contribution is 5.94. The summed E-state index contributed by atoms with van der Waals surface area (Å²) in [4.78, 5) is 14.1. The highest BCUT2D eigenvalue weighted by Gasteiger charge is 2.18. The number of likely N-dealkylation sites (tertiary alicyclic amines) is 1. The predicted octanol–water partition coefficient (Wildman–Crippen LogP) is 2.95. The van der Waals surface area contributed by atoms with Crippen LogP contribution >= 0.6 is 0 Å². The Morgan fingerprint density at radius 1 is 1.42 bits per heavy atom. The number of amides is 1. The van der Waals surface area contributed by atoms with Crippen LogP contribution in [0.3, 0.4) is 0 Å². The Kier molecular flexibility index (Phi) is 7.91. The number of hydrogen-bond donors (Lipinski definition) is 2. The highest BCUT2D eigenvalue weighted by atomic mass is 19.1. The molecule has 1 fully saturated rings. The molecule has 0 atom stereocenters. The zero-order valence-electron chi connectivity index (χ0n) is 15.5. The molecule has 5 nitrogen and oxygen atoms in total. The molecule has 0 unspecified atom stereocenters. The monoisotopic (exact) mass is 364 g/mol. The molecule has 0 spiro atoms. The van der Waals surface area contributed by atoms with E-state index in [0.717, 1.165) is 31.6 Å². The van der Waals surface area contributed by atoms with Crippen molar-refractivity contribution < 1.29 is 19.0 Å².